The minimum absolute atomic E-state index is 0.0599. The summed E-state index contributed by atoms with van der Waals surface area (Å²) in [7, 11) is 4.17. The number of aryl methyl sites for hydroxylation is 1. The van der Waals surface area contributed by atoms with Gasteiger partial charge in [0.05, 0.1) is 0 Å². The standard InChI is InChI=1S/C17H31N3O2/c1-8-14-12(4)15(19-22-14)16(21)18-11-17(9-2,10-3)13(5)20(6)7/h13H,8-11H2,1-7H3,(H,18,21). The Hall–Kier alpha value is -1.36. The number of hydrogen-bond acceptors (Lipinski definition) is 4. The number of amides is 1. The van der Waals surface area contributed by atoms with Crippen molar-refractivity contribution in [2.75, 3.05) is 20.6 Å². The first-order valence-electron chi connectivity index (χ1n) is 8.22. The Morgan fingerprint density at radius 3 is 2.32 bits per heavy atom. The van der Waals surface area contributed by atoms with Gasteiger partial charge in [-0.25, -0.2) is 0 Å². The molecule has 0 radical (unpaired) electrons. The summed E-state index contributed by atoms with van der Waals surface area (Å²) in [4.78, 5) is 14.6. The van der Waals surface area contributed by atoms with Gasteiger partial charge in [0.25, 0.3) is 5.91 Å². The van der Waals surface area contributed by atoms with Crippen molar-refractivity contribution in [3.8, 4) is 0 Å². The molecule has 1 heterocycles. The second-order valence-electron chi connectivity index (χ2n) is 6.32. The summed E-state index contributed by atoms with van der Waals surface area (Å²) in [6.07, 6.45) is 2.78. The van der Waals surface area contributed by atoms with Crippen LogP contribution in [-0.2, 0) is 6.42 Å². The molecule has 0 aliphatic carbocycles. The van der Waals surface area contributed by atoms with Crippen LogP contribution < -0.4 is 5.32 Å². The number of nitrogens with zero attached hydrogens (tertiary/aromatic N) is 2. The maximum atomic E-state index is 12.4. The Labute approximate surface area is 134 Å². The maximum absolute atomic E-state index is 12.4. The van der Waals surface area contributed by atoms with Crippen molar-refractivity contribution in [3.63, 3.8) is 0 Å². The molecule has 1 unspecified atom stereocenters. The first-order chi connectivity index (χ1) is 10.3. The van der Waals surface area contributed by atoms with Crippen molar-refractivity contribution in [1.82, 2.24) is 15.4 Å². The quantitative estimate of drug-likeness (QED) is 0.802. The van der Waals surface area contributed by atoms with Crippen molar-refractivity contribution in [2.24, 2.45) is 5.41 Å². The zero-order chi connectivity index (χ0) is 16.9. The highest BCUT2D eigenvalue weighted by Crippen LogP contribution is 2.32. The van der Waals surface area contributed by atoms with Gasteiger partial charge in [0.2, 0.25) is 0 Å². The molecule has 126 valence electrons. The van der Waals surface area contributed by atoms with Gasteiger partial charge >= 0.3 is 0 Å². The summed E-state index contributed by atoms with van der Waals surface area (Å²) < 4.78 is 5.22. The molecular formula is C17H31N3O2. The van der Waals surface area contributed by atoms with Gasteiger partial charge < -0.3 is 14.7 Å². The number of carbonyl (C=O) groups is 1. The lowest BCUT2D eigenvalue weighted by Gasteiger charge is -2.41. The smallest absolute Gasteiger partial charge is 0.273 e. The highest BCUT2D eigenvalue weighted by Gasteiger charge is 2.34. The largest absolute Gasteiger partial charge is 0.360 e. The molecule has 0 aromatic carbocycles. The topological polar surface area (TPSA) is 58.4 Å². The van der Waals surface area contributed by atoms with E-state index >= 15 is 0 Å². The molecule has 0 saturated heterocycles. The van der Waals surface area contributed by atoms with Crippen LogP contribution in [-0.4, -0.2) is 42.6 Å². The molecule has 0 spiro atoms. The molecule has 22 heavy (non-hydrogen) atoms. The van der Waals surface area contributed by atoms with Gasteiger partial charge in [-0.3, -0.25) is 4.79 Å². The lowest BCUT2D eigenvalue weighted by molar-refractivity contribution is 0.0802. The molecule has 0 saturated carbocycles. The van der Waals surface area contributed by atoms with Gasteiger partial charge in [-0.05, 0) is 40.8 Å². The molecule has 0 bridgehead atoms. The van der Waals surface area contributed by atoms with Crippen LogP contribution in [0.2, 0.25) is 0 Å². The van der Waals surface area contributed by atoms with Gasteiger partial charge in [-0.2, -0.15) is 0 Å². The Morgan fingerprint density at radius 2 is 1.91 bits per heavy atom. The third-order valence-corrected chi connectivity index (χ3v) is 5.23. The van der Waals surface area contributed by atoms with E-state index in [0.29, 0.717) is 18.3 Å². The van der Waals surface area contributed by atoms with E-state index in [1.165, 1.54) is 0 Å². The maximum Gasteiger partial charge on any atom is 0.273 e. The lowest BCUT2D eigenvalue weighted by atomic mass is 9.75. The van der Waals surface area contributed by atoms with Gasteiger partial charge in [-0.15, -0.1) is 0 Å². The van der Waals surface area contributed by atoms with E-state index in [1.54, 1.807) is 0 Å². The highest BCUT2D eigenvalue weighted by atomic mass is 16.5. The molecule has 0 aliphatic rings. The summed E-state index contributed by atoms with van der Waals surface area (Å²) in [6, 6.07) is 0.382. The second-order valence-corrected chi connectivity index (χ2v) is 6.32. The second kappa shape index (κ2) is 7.77. The Morgan fingerprint density at radius 1 is 1.32 bits per heavy atom. The summed E-state index contributed by atoms with van der Waals surface area (Å²) in [5.74, 6) is 0.641. The van der Waals surface area contributed by atoms with Gasteiger partial charge in [-0.1, -0.05) is 25.9 Å². The van der Waals surface area contributed by atoms with E-state index in [4.69, 9.17) is 4.52 Å². The van der Waals surface area contributed by atoms with Crippen molar-refractivity contribution in [1.29, 1.82) is 0 Å². The minimum Gasteiger partial charge on any atom is -0.360 e. The summed E-state index contributed by atoms with van der Waals surface area (Å²) in [6.45, 7) is 11.1. The van der Waals surface area contributed by atoms with Crippen LogP contribution >= 0.6 is 0 Å². The molecule has 1 aromatic rings. The fourth-order valence-electron chi connectivity index (χ4n) is 3.04. The number of aromatic nitrogens is 1. The van der Waals surface area contributed by atoms with Crippen molar-refractivity contribution >= 4 is 5.91 Å². The SMILES string of the molecule is CCc1onc(C(=O)NCC(CC)(CC)C(C)N(C)C)c1C. The predicted molar refractivity (Wildman–Crippen MR) is 89.1 cm³/mol. The first kappa shape index (κ1) is 18.7. The molecule has 1 atom stereocenters. The molecule has 1 rings (SSSR count). The van der Waals surface area contributed by atoms with E-state index in [9.17, 15) is 4.79 Å². The van der Waals surface area contributed by atoms with Crippen LogP contribution in [0.25, 0.3) is 0 Å². The predicted octanol–water partition coefficient (Wildman–Crippen LogP) is 3.03. The summed E-state index contributed by atoms with van der Waals surface area (Å²) in [5, 5.41) is 6.99. The summed E-state index contributed by atoms with van der Waals surface area (Å²) in [5.41, 5.74) is 1.32. The number of carbonyl (C=O) groups excluding carboxylic acids is 1. The average molecular weight is 309 g/mol. The molecule has 1 aromatic heterocycles. The zero-order valence-electron chi connectivity index (χ0n) is 15.1. The summed E-state index contributed by atoms with van der Waals surface area (Å²) >= 11 is 0. The van der Waals surface area contributed by atoms with Gasteiger partial charge in [0.1, 0.15) is 5.76 Å². The molecule has 5 nitrogen and oxygen atoms in total. The van der Waals surface area contributed by atoms with Crippen LogP contribution in [0.1, 0.15) is 62.3 Å². The van der Waals surface area contributed by atoms with E-state index < -0.39 is 0 Å². The van der Waals surface area contributed by atoms with Gasteiger partial charge in [0, 0.05) is 30.0 Å². The fraction of sp³-hybridized carbons (Fsp3) is 0.765. The van der Waals surface area contributed by atoms with Crippen LogP contribution in [0.5, 0.6) is 0 Å². The third-order valence-electron chi connectivity index (χ3n) is 5.23. The van der Waals surface area contributed by atoms with Crippen LogP contribution in [0, 0.1) is 12.3 Å². The van der Waals surface area contributed by atoms with Crippen LogP contribution in [0.4, 0.5) is 0 Å². The first-order valence-corrected chi connectivity index (χ1v) is 8.22. The molecule has 1 N–H and O–H groups in total. The number of rotatable bonds is 8. The van der Waals surface area contributed by atoms with E-state index in [0.717, 1.165) is 30.6 Å². The molecule has 1 amide bonds. The van der Waals surface area contributed by atoms with Crippen LogP contribution in [0.15, 0.2) is 4.52 Å². The van der Waals surface area contributed by atoms with Crippen molar-refractivity contribution < 1.29 is 9.32 Å². The molecule has 5 heteroatoms. The van der Waals surface area contributed by atoms with E-state index in [2.05, 4.69) is 50.2 Å². The molecule has 0 fully saturated rings. The normalized spacial score (nSPS) is 13.5. The number of nitrogens with one attached hydrogen (secondary N) is 1. The third kappa shape index (κ3) is 3.69. The number of hydrogen-bond donors (Lipinski definition) is 1. The van der Waals surface area contributed by atoms with Crippen LogP contribution in [0.3, 0.4) is 0 Å². The van der Waals surface area contributed by atoms with Crippen molar-refractivity contribution in [3.05, 3.63) is 17.0 Å². The Kier molecular flexibility index (Phi) is 6.60. The molecular weight excluding hydrogens is 278 g/mol. The lowest BCUT2D eigenvalue weighted by Crippen LogP contribution is -2.49. The average Bonchev–Trinajstić information content (AvgIpc) is 2.89. The highest BCUT2D eigenvalue weighted by molar-refractivity contribution is 5.93. The fourth-order valence-corrected chi connectivity index (χ4v) is 3.04. The van der Waals surface area contributed by atoms with E-state index in [1.807, 2.05) is 13.8 Å². The van der Waals surface area contributed by atoms with E-state index in [-0.39, 0.29) is 11.3 Å². The molecule has 0 aliphatic heterocycles. The van der Waals surface area contributed by atoms with Gasteiger partial charge in [0.15, 0.2) is 5.69 Å². The minimum atomic E-state index is -0.141. The Bertz CT molecular complexity index is 490. The zero-order valence-corrected chi connectivity index (χ0v) is 15.1. The monoisotopic (exact) mass is 309 g/mol. The Balaban J connectivity index is 2.84. The van der Waals surface area contributed by atoms with Crippen molar-refractivity contribution in [2.45, 2.75) is 59.9 Å².